The van der Waals surface area contributed by atoms with Crippen LogP contribution in [0.5, 0.6) is 0 Å². The Labute approximate surface area is 125 Å². The monoisotopic (exact) mass is 286 g/mol. The Morgan fingerprint density at radius 3 is 3.00 bits per heavy atom. The van der Waals surface area contributed by atoms with Crippen LogP contribution < -0.4 is 4.90 Å². The highest BCUT2D eigenvalue weighted by atomic mass is 16.5. The Bertz CT molecular complexity index is 613. The number of pyridine rings is 2. The van der Waals surface area contributed by atoms with Gasteiger partial charge in [-0.1, -0.05) is 0 Å². The molecule has 3 heterocycles. The molecule has 0 bridgehead atoms. The first-order valence-electron chi connectivity index (χ1n) is 7.32. The Morgan fingerprint density at radius 2 is 2.24 bits per heavy atom. The van der Waals surface area contributed by atoms with E-state index in [9.17, 15) is 0 Å². The van der Waals surface area contributed by atoms with E-state index in [0.29, 0.717) is 12.1 Å². The van der Waals surface area contributed by atoms with Gasteiger partial charge in [-0.3, -0.25) is 14.9 Å². The average molecular weight is 286 g/mol. The predicted molar refractivity (Wildman–Crippen MR) is 84.6 cm³/mol. The van der Waals surface area contributed by atoms with Gasteiger partial charge in [0.2, 0.25) is 0 Å². The second kappa shape index (κ2) is 5.95. The average Bonchev–Trinajstić information content (AvgIpc) is 2.87. The van der Waals surface area contributed by atoms with Crippen molar-refractivity contribution in [3.05, 3.63) is 30.7 Å². The number of nitrogens with zero attached hydrogens (tertiary/aromatic N) is 4. The lowest BCUT2D eigenvalue weighted by atomic mass is 10.1. The van der Waals surface area contributed by atoms with Crippen LogP contribution in [0, 0.1) is 0 Å². The number of rotatable bonds is 4. The molecule has 3 rings (SSSR count). The van der Waals surface area contributed by atoms with E-state index in [1.807, 2.05) is 18.5 Å². The lowest BCUT2D eigenvalue weighted by molar-refractivity contribution is 0.111. The summed E-state index contributed by atoms with van der Waals surface area (Å²) >= 11 is 0. The number of hydrogen-bond acceptors (Lipinski definition) is 5. The molecule has 0 N–H and O–H groups in total. The maximum atomic E-state index is 5.49. The van der Waals surface area contributed by atoms with Crippen LogP contribution in [0.2, 0.25) is 0 Å². The third-order valence-electron chi connectivity index (χ3n) is 4.40. The van der Waals surface area contributed by atoms with Gasteiger partial charge in [-0.2, -0.15) is 0 Å². The van der Waals surface area contributed by atoms with Crippen molar-refractivity contribution in [2.75, 3.05) is 39.2 Å². The second-order valence-electron chi connectivity index (χ2n) is 5.79. The first kappa shape index (κ1) is 14.2. The minimum Gasteiger partial charge on any atom is -0.380 e. The number of likely N-dealkylation sites (tertiary alicyclic amines) is 1. The zero-order valence-corrected chi connectivity index (χ0v) is 12.9. The molecule has 2 atom stereocenters. The summed E-state index contributed by atoms with van der Waals surface area (Å²) < 4.78 is 5.49. The maximum absolute atomic E-state index is 5.49. The Morgan fingerprint density at radius 1 is 1.38 bits per heavy atom. The molecule has 21 heavy (non-hydrogen) atoms. The zero-order valence-electron chi connectivity index (χ0n) is 12.9. The lowest BCUT2D eigenvalue weighted by Crippen LogP contribution is -2.36. The number of hydrogen-bond donors (Lipinski definition) is 0. The van der Waals surface area contributed by atoms with E-state index in [0.717, 1.165) is 30.4 Å². The fourth-order valence-corrected chi connectivity index (χ4v) is 3.14. The summed E-state index contributed by atoms with van der Waals surface area (Å²) in [6.07, 6.45) is 6.98. The van der Waals surface area contributed by atoms with E-state index >= 15 is 0 Å². The topological polar surface area (TPSA) is 41.5 Å². The maximum Gasteiger partial charge on any atom is 0.0753 e. The van der Waals surface area contributed by atoms with Gasteiger partial charge >= 0.3 is 0 Å². The number of fused-ring (bicyclic) bond motifs is 1. The van der Waals surface area contributed by atoms with E-state index in [2.05, 4.69) is 39.9 Å². The molecule has 1 saturated heterocycles. The van der Waals surface area contributed by atoms with Gasteiger partial charge in [0.15, 0.2) is 0 Å². The third kappa shape index (κ3) is 2.84. The van der Waals surface area contributed by atoms with Crippen molar-refractivity contribution >= 4 is 16.6 Å². The molecule has 0 spiro atoms. The molecule has 1 aliphatic rings. The minimum atomic E-state index is 0.351. The van der Waals surface area contributed by atoms with Crippen LogP contribution in [-0.2, 0) is 4.74 Å². The summed E-state index contributed by atoms with van der Waals surface area (Å²) in [5, 5.41) is 1.10. The summed E-state index contributed by atoms with van der Waals surface area (Å²) in [6, 6.07) is 4.53. The molecule has 1 aliphatic heterocycles. The van der Waals surface area contributed by atoms with E-state index < -0.39 is 0 Å². The van der Waals surface area contributed by atoms with Gasteiger partial charge < -0.3 is 9.64 Å². The summed E-state index contributed by atoms with van der Waals surface area (Å²) in [4.78, 5) is 13.3. The Kier molecular flexibility index (Phi) is 4.03. The number of methoxy groups -OCH3 is 1. The van der Waals surface area contributed by atoms with Crippen LogP contribution in [-0.4, -0.2) is 61.3 Å². The molecule has 112 valence electrons. The fourth-order valence-electron chi connectivity index (χ4n) is 3.14. The lowest BCUT2D eigenvalue weighted by Gasteiger charge is -2.27. The molecule has 2 aromatic heterocycles. The molecule has 2 aromatic rings. The SMILES string of the molecule is CO[C@H]1C[C@@H](CN(C)c2ccnc3ccncc23)N(C)C1. The van der Waals surface area contributed by atoms with Crippen molar-refractivity contribution in [3.63, 3.8) is 0 Å². The number of ether oxygens (including phenoxy) is 1. The number of aromatic nitrogens is 2. The van der Waals surface area contributed by atoms with Gasteiger partial charge in [0, 0.05) is 63.0 Å². The Hall–Kier alpha value is -1.72. The van der Waals surface area contributed by atoms with E-state index in [1.54, 1.807) is 13.3 Å². The first-order valence-corrected chi connectivity index (χ1v) is 7.32. The smallest absolute Gasteiger partial charge is 0.0753 e. The van der Waals surface area contributed by atoms with Crippen LogP contribution in [0.15, 0.2) is 30.7 Å². The highest BCUT2D eigenvalue weighted by Gasteiger charge is 2.30. The number of anilines is 1. The van der Waals surface area contributed by atoms with Crippen LogP contribution in [0.3, 0.4) is 0 Å². The molecular weight excluding hydrogens is 264 g/mol. The third-order valence-corrected chi connectivity index (χ3v) is 4.40. The summed E-state index contributed by atoms with van der Waals surface area (Å²) in [5.41, 5.74) is 2.17. The van der Waals surface area contributed by atoms with Gasteiger partial charge in [-0.15, -0.1) is 0 Å². The minimum absolute atomic E-state index is 0.351. The van der Waals surface area contributed by atoms with Crippen LogP contribution in [0.4, 0.5) is 5.69 Å². The molecule has 0 saturated carbocycles. The summed E-state index contributed by atoms with van der Waals surface area (Å²) in [6.45, 7) is 1.98. The molecule has 5 heteroatoms. The molecule has 5 nitrogen and oxygen atoms in total. The molecule has 0 amide bonds. The second-order valence-corrected chi connectivity index (χ2v) is 5.79. The van der Waals surface area contributed by atoms with Gasteiger partial charge in [-0.25, -0.2) is 0 Å². The normalized spacial score (nSPS) is 22.8. The van der Waals surface area contributed by atoms with Gasteiger partial charge in [0.1, 0.15) is 0 Å². The van der Waals surface area contributed by atoms with Crippen molar-refractivity contribution in [1.29, 1.82) is 0 Å². The van der Waals surface area contributed by atoms with Crippen molar-refractivity contribution in [3.8, 4) is 0 Å². The fraction of sp³-hybridized carbons (Fsp3) is 0.500. The predicted octanol–water partition coefficient (Wildman–Crippen LogP) is 1.79. The van der Waals surface area contributed by atoms with Gasteiger partial charge in [0.05, 0.1) is 11.6 Å². The van der Waals surface area contributed by atoms with Crippen molar-refractivity contribution in [2.24, 2.45) is 0 Å². The largest absolute Gasteiger partial charge is 0.380 e. The molecule has 0 radical (unpaired) electrons. The molecule has 0 aliphatic carbocycles. The molecule has 0 unspecified atom stereocenters. The van der Waals surface area contributed by atoms with E-state index in [4.69, 9.17) is 4.74 Å². The van der Waals surface area contributed by atoms with E-state index in [1.165, 1.54) is 5.69 Å². The quantitative estimate of drug-likeness (QED) is 0.857. The highest BCUT2D eigenvalue weighted by molar-refractivity contribution is 5.90. The molecule has 1 fully saturated rings. The number of likely N-dealkylation sites (N-methyl/N-ethyl adjacent to an activating group) is 2. The van der Waals surface area contributed by atoms with Crippen LogP contribution in [0.1, 0.15) is 6.42 Å². The summed E-state index contributed by atoms with van der Waals surface area (Å²) in [5.74, 6) is 0. The Balaban J connectivity index is 1.80. The van der Waals surface area contributed by atoms with Gasteiger partial charge in [-0.05, 0) is 25.6 Å². The van der Waals surface area contributed by atoms with Crippen LogP contribution >= 0.6 is 0 Å². The summed E-state index contributed by atoms with van der Waals surface area (Å²) in [7, 11) is 6.10. The van der Waals surface area contributed by atoms with E-state index in [-0.39, 0.29) is 0 Å². The zero-order chi connectivity index (χ0) is 14.8. The highest BCUT2D eigenvalue weighted by Crippen LogP contribution is 2.26. The standard InChI is InChI=1S/C16H22N4O/c1-19-11-13(21-3)8-12(19)10-20(2)16-5-7-18-15-4-6-17-9-14(15)16/h4-7,9,12-13H,8,10-11H2,1-3H3/t12-,13-/m0/s1. The van der Waals surface area contributed by atoms with Crippen LogP contribution in [0.25, 0.3) is 10.9 Å². The van der Waals surface area contributed by atoms with Gasteiger partial charge in [0.25, 0.3) is 0 Å². The van der Waals surface area contributed by atoms with Crippen molar-refractivity contribution in [2.45, 2.75) is 18.6 Å². The first-order chi connectivity index (χ1) is 10.2. The van der Waals surface area contributed by atoms with Crippen molar-refractivity contribution in [1.82, 2.24) is 14.9 Å². The molecular formula is C16H22N4O. The van der Waals surface area contributed by atoms with Crippen molar-refractivity contribution < 1.29 is 4.74 Å². The molecule has 0 aromatic carbocycles.